The van der Waals surface area contributed by atoms with E-state index < -0.39 is 0 Å². The Hall–Kier alpha value is -1.15. The van der Waals surface area contributed by atoms with E-state index in [0.29, 0.717) is 0 Å². The highest BCUT2D eigenvalue weighted by Crippen LogP contribution is 2.37. The Balaban J connectivity index is 2.42. The number of fused-ring (bicyclic) bond motifs is 1. The third-order valence-electron chi connectivity index (χ3n) is 2.90. The lowest BCUT2D eigenvalue weighted by Gasteiger charge is -2.23. The maximum Gasteiger partial charge on any atom is 0.204 e. The molecule has 2 atom stereocenters. The van der Waals surface area contributed by atoms with Crippen LogP contribution in [0, 0.1) is 5.92 Å². The standard InChI is InChI=1S/C12H14NO/c1-13(2)12-10(8-14)7-9-5-3-4-6-11(9)12/h3-6,10,12H,7H2,1-2H3. The molecule has 0 fully saturated rings. The summed E-state index contributed by atoms with van der Waals surface area (Å²) < 4.78 is 0. The highest BCUT2D eigenvalue weighted by molar-refractivity contribution is 5.60. The van der Waals surface area contributed by atoms with Crippen LogP contribution in [0.4, 0.5) is 0 Å². The Bertz CT molecular complexity index is 346. The third-order valence-corrected chi connectivity index (χ3v) is 2.90. The molecule has 0 heterocycles. The first-order valence-electron chi connectivity index (χ1n) is 4.86. The van der Waals surface area contributed by atoms with Crippen LogP contribution in [0.25, 0.3) is 0 Å². The van der Waals surface area contributed by atoms with E-state index in [1.165, 1.54) is 11.1 Å². The van der Waals surface area contributed by atoms with Gasteiger partial charge in [-0.05, 0) is 31.6 Å². The molecule has 1 radical (unpaired) electrons. The average molecular weight is 188 g/mol. The number of rotatable bonds is 2. The van der Waals surface area contributed by atoms with Crippen molar-refractivity contribution in [2.45, 2.75) is 12.5 Å². The van der Waals surface area contributed by atoms with Gasteiger partial charge in [-0.15, -0.1) is 0 Å². The van der Waals surface area contributed by atoms with E-state index in [1.807, 2.05) is 26.2 Å². The Morgan fingerprint density at radius 3 is 2.71 bits per heavy atom. The van der Waals surface area contributed by atoms with Gasteiger partial charge in [0.1, 0.15) is 0 Å². The molecule has 0 spiro atoms. The maximum atomic E-state index is 10.8. The molecule has 1 aromatic carbocycles. The van der Waals surface area contributed by atoms with Crippen molar-refractivity contribution in [3.8, 4) is 0 Å². The molecule has 0 N–H and O–H groups in total. The molecule has 0 bridgehead atoms. The SMILES string of the molecule is CN(C)C1c2ccccc2CC1[C]=O. The number of hydrogen-bond donors (Lipinski definition) is 0. The second-order valence-corrected chi connectivity index (χ2v) is 4.04. The number of hydrogen-bond acceptors (Lipinski definition) is 2. The van der Waals surface area contributed by atoms with E-state index in [4.69, 9.17) is 0 Å². The van der Waals surface area contributed by atoms with Gasteiger partial charge in [0.05, 0.1) is 0 Å². The number of carbonyl (C=O) groups excluding carboxylic acids is 1. The van der Waals surface area contributed by atoms with Gasteiger partial charge in [0, 0.05) is 12.0 Å². The molecule has 2 heteroatoms. The molecule has 2 unspecified atom stereocenters. The van der Waals surface area contributed by atoms with E-state index in [2.05, 4.69) is 23.3 Å². The summed E-state index contributed by atoms with van der Waals surface area (Å²) in [5, 5.41) is 0. The van der Waals surface area contributed by atoms with Crippen LogP contribution in [0.1, 0.15) is 17.2 Å². The maximum absolute atomic E-state index is 10.8. The van der Waals surface area contributed by atoms with E-state index in [9.17, 15) is 4.79 Å². The summed E-state index contributed by atoms with van der Waals surface area (Å²) in [5.74, 6) is 0.00222. The molecule has 1 aliphatic carbocycles. The molecule has 0 amide bonds. The Kier molecular flexibility index (Phi) is 2.38. The van der Waals surface area contributed by atoms with Crippen molar-refractivity contribution in [2.24, 2.45) is 5.92 Å². The van der Waals surface area contributed by atoms with Gasteiger partial charge in [0.25, 0.3) is 0 Å². The minimum atomic E-state index is 0.00222. The van der Waals surface area contributed by atoms with Crippen molar-refractivity contribution < 1.29 is 4.79 Å². The lowest BCUT2D eigenvalue weighted by Crippen LogP contribution is -2.24. The zero-order chi connectivity index (χ0) is 10.1. The van der Waals surface area contributed by atoms with Crippen LogP contribution >= 0.6 is 0 Å². The predicted molar refractivity (Wildman–Crippen MR) is 55.8 cm³/mol. The summed E-state index contributed by atoms with van der Waals surface area (Å²) in [6.07, 6.45) is 2.99. The smallest absolute Gasteiger partial charge is 0.204 e. The van der Waals surface area contributed by atoms with Gasteiger partial charge in [0.15, 0.2) is 0 Å². The molecule has 0 saturated heterocycles. The van der Waals surface area contributed by atoms with Gasteiger partial charge in [-0.3, -0.25) is 4.79 Å². The zero-order valence-corrected chi connectivity index (χ0v) is 8.53. The summed E-state index contributed by atoms with van der Waals surface area (Å²) in [6.45, 7) is 0. The fourth-order valence-electron chi connectivity index (χ4n) is 2.32. The van der Waals surface area contributed by atoms with Crippen molar-refractivity contribution >= 4 is 6.29 Å². The average Bonchev–Trinajstić information content (AvgIpc) is 2.55. The summed E-state index contributed by atoms with van der Waals surface area (Å²) in [5.41, 5.74) is 2.57. The van der Waals surface area contributed by atoms with Gasteiger partial charge < -0.3 is 4.90 Å². The Morgan fingerprint density at radius 2 is 2.07 bits per heavy atom. The van der Waals surface area contributed by atoms with E-state index in [1.54, 1.807) is 0 Å². The first-order chi connectivity index (χ1) is 6.74. The highest BCUT2D eigenvalue weighted by Gasteiger charge is 2.33. The fraction of sp³-hybridized carbons (Fsp3) is 0.417. The van der Waals surface area contributed by atoms with Gasteiger partial charge in [-0.2, -0.15) is 0 Å². The van der Waals surface area contributed by atoms with E-state index in [0.717, 1.165) is 6.42 Å². The quantitative estimate of drug-likeness (QED) is 0.702. The fourth-order valence-corrected chi connectivity index (χ4v) is 2.32. The first-order valence-corrected chi connectivity index (χ1v) is 4.86. The molecule has 2 rings (SSSR count). The molecule has 0 aromatic heterocycles. The lowest BCUT2D eigenvalue weighted by atomic mass is 10.0. The molecule has 0 aliphatic heterocycles. The van der Waals surface area contributed by atoms with E-state index >= 15 is 0 Å². The van der Waals surface area contributed by atoms with Gasteiger partial charge in [-0.1, -0.05) is 24.3 Å². The zero-order valence-electron chi connectivity index (χ0n) is 8.53. The van der Waals surface area contributed by atoms with Gasteiger partial charge >= 0.3 is 0 Å². The van der Waals surface area contributed by atoms with Crippen molar-refractivity contribution in [3.05, 3.63) is 35.4 Å². The van der Waals surface area contributed by atoms with Gasteiger partial charge in [-0.25, -0.2) is 0 Å². The van der Waals surface area contributed by atoms with Crippen molar-refractivity contribution in [1.82, 2.24) is 4.90 Å². The number of benzene rings is 1. The minimum absolute atomic E-state index is 0.00222. The summed E-state index contributed by atoms with van der Waals surface area (Å²) >= 11 is 0. The third kappa shape index (κ3) is 1.36. The lowest BCUT2D eigenvalue weighted by molar-refractivity contribution is 0.263. The molecule has 1 aliphatic rings. The molecular formula is C12H14NO. The van der Waals surface area contributed by atoms with Crippen LogP contribution in [0.15, 0.2) is 24.3 Å². The first kappa shape index (κ1) is 9.41. The van der Waals surface area contributed by atoms with Crippen LogP contribution in [0.3, 0.4) is 0 Å². The van der Waals surface area contributed by atoms with Crippen molar-refractivity contribution in [2.75, 3.05) is 14.1 Å². The monoisotopic (exact) mass is 188 g/mol. The molecule has 2 nitrogen and oxygen atoms in total. The molecule has 1 aromatic rings. The molecule has 73 valence electrons. The van der Waals surface area contributed by atoms with Crippen LogP contribution < -0.4 is 0 Å². The molecule has 14 heavy (non-hydrogen) atoms. The summed E-state index contributed by atoms with van der Waals surface area (Å²) in [4.78, 5) is 12.9. The van der Waals surface area contributed by atoms with Crippen LogP contribution in [0.5, 0.6) is 0 Å². The van der Waals surface area contributed by atoms with Crippen molar-refractivity contribution in [3.63, 3.8) is 0 Å². The van der Waals surface area contributed by atoms with Crippen LogP contribution in [0.2, 0.25) is 0 Å². The van der Waals surface area contributed by atoms with E-state index in [-0.39, 0.29) is 12.0 Å². The highest BCUT2D eigenvalue weighted by atomic mass is 16.1. The molecule has 0 saturated carbocycles. The van der Waals surface area contributed by atoms with Crippen LogP contribution in [-0.2, 0) is 11.2 Å². The van der Waals surface area contributed by atoms with Crippen LogP contribution in [-0.4, -0.2) is 25.3 Å². The second kappa shape index (κ2) is 3.54. The Labute approximate surface area is 84.5 Å². The number of nitrogens with zero attached hydrogens (tertiary/aromatic N) is 1. The molecular weight excluding hydrogens is 174 g/mol. The minimum Gasteiger partial charge on any atom is -0.302 e. The summed E-state index contributed by atoms with van der Waals surface area (Å²) in [7, 11) is 4.02. The normalized spacial score (nSPS) is 25.1. The topological polar surface area (TPSA) is 20.3 Å². The second-order valence-electron chi connectivity index (χ2n) is 4.04. The Morgan fingerprint density at radius 1 is 1.36 bits per heavy atom. The van der Waals surface area contributed by atoms with Gasteiger partial charge in [0.2, 0.25) is 6.29 Å². The van der Waals surface area contributed by atoms with Crippen molar-refractivity contribution in [1.29, 1.82) is 0 Å². The predicted octanol–water partition coefficient (Wildman–Crippen LogP) is 1.57. The summed E-state index contributed by atoms with van der Waals surface area (Å²) in [6, 6.07) is 8.48. The largest absolute Gasteiger partial charge is 0.302 e.